The van der Waals surface area contributed by atoms with Crippen LogP contribution in [0.4, 0.5) is 0 Å². The number of hydrogen-bond donors (Lipinski definition) is 2. The molecule has 0 amide bonds. The predicted octanol–water partition coefficient (Wildman–Crippen LogP) is -0.693. The zero-order valence-electron chi connectivity index (χ0n) is 5.09. The third-order valence-corrected chi connectivity index (χ3v) is 0.822. The maximum absolute atomic E-state index is 10.2. The van der Waals surface area contributed by atoms with Crippen LogP contribution in [0, 0.1) is 0 Å². The maximum atomic E-state index is 10.2. The van der Waals surface area contributed by atoms with Gasteiger partial charge in [-0.25, -0.2) is 9.59 Å². The first-order valence-electron chi connectivity index (χ1n) is 2.26. The Labute approximate surface area is 64.0 Å². The Morgan fingerprint density at radius 3 is 2.27 bits per heavy atom. The van der Waals surface area contributed by atoms with Crippen LogP contribution >= 0.6 is 0 Å². The Morgan fingerprint density at radius 1 is 1.36 bits per heavy atom. The minimum Gasteiger partial charge on any atom is -0.478 e. The highest BCUT2D eigenvalue weighted by Gasteiger charge is 2.01. The second-order valence-electron chi connectivity index (χ2n) is 1.29. The lowest BCUT2D eigenvalue weighted by Gasteiger charge is -1.89. The zero-order chi connectivity index (χ0) is 8.85. The van der Waals surface area contributed by atoms with E-state index in [4.69, 9.17) is 9.66 Å². The summed E-state index contributed by atoms with van der Waals surface area (Å²) in [6.45, 7) is 0. The molecular formula is C4H4O6S. The molecule has 0 spiro atoms. The van der Waals surface area contributed by atoms with Crippen molar-refractivity contribution in [2.24, 2.45) is 0 Å². The SMILES string of the molecule is O=C(O)/C=C\C(=O)OS(=O)O. The van der Waals surface area contributed by atoms with E-state index in [0.717, 1.165) is 0 Å². The Morgan fingerprint density at radius 2 is 1.91 bits per heavy atom. The zero-order valence-corrected chi connectivity index (χ0v) is 5.91. The lowest BCUT2D eigenvalue weighted by Crippen LogP contribution is -2.03. The van der Waals surface area contributed by atoms with E-state index in [1.165, 1.54) is 0 Å². The van der Waals surface area contributed by atoms with Gasteiger partial charge in [0.2, 0.25) is 0 Å². The van der Waals surface area contributed by atoms with Crippen LogP contribution in [0.1, 0.15) is 0 Å². The fourth-order valence-electron chi connectivity index (χ4n) is 0.237. The summed E-state index contributed by atoms with van der Waals surface area (Å²) in [6, 6.07) is 0. The number of hydrogen-bond acceptors (Lipinski definition) is 4. The summed E-state index contributed by atoms with van der Waals surface area (Å²) in [5.74, 6) is -2.53. The fraction of sp³-hybridized carbons (Fsp3) is 0. The first-order valence-corrected chi connectivity index (χ1v) is 3.29. The predicted molar refractivity (Wildman–Crippen MR) is 33.6 cm³/mol. The van der Waals surface area contributed by atoms with Crippen molar-refractivity contribution in [3.05, 3.63) is 12.2 Å². The molecule has 7 heteroatoms. The lowest BCUT2D eigenvalue weighted by atomic mass is 10.5. The fourth-order valence-corrected chi connectivity index (χ4v) is 0.433. The molecule has 6 nitrogen and oxygen atoms in total. The molecule has 0 heterocycles. The minimum atomic E-state index is -2.70. The highest BCUT2D eigenvalue weighted by molar-refractivity contribution is 7.74. The van der Waals surface area contributed by atoms with E-state index in [-0.39, 0.29) is 0 Å². The standard InChI is InChI=1S/C4H4O6S/c5-3(6)1-2-4(7)10-11(8)9/h1-2H,(H,5,6)(H,8,9)/b2-1-. The number of rotatable bonds is 3. The molecule has 1 unspecified atom stereocenters. The van der Waals surface area contributed by atoms with Crippen LogP contribution in [0.15, 0.2) is 12.2 Å². The normalized spacial score (nSPS) is 12.8. The summed E-state index contributed by atoms with van der Waals surface area (Å²) in [7, 11) is 0. The summed E-state index contributed by atoms with van der Waals surface area (Å²) < 4.78 is 21.3. The van der Waals surface area contributed by atoms with Crippen LogP contribution in [-0.2, 0) is 25.1 Å². The first kappa shape index (κ1) is 9.79. The Kier molecular flexibility index (Phi) is 4.08. The van der Waals surface area contributed by atoms with Gasteiger partial charge in [0.25, 0.3) is 0 Å². The molecule has 1 atom stereocenters. The number of carbonyl (C=O) groups is 2. The van der Waals surface area contributed by atoms with Gasteiger partial charge in [0, 0.05) is 12.2 Å². The second kappa shape index (κ2) is 4.58. The summed E-state index contributed by atoms with van der Waals surface area (Å²) in [6.07, 6.45) is 1.02. The second-order valence-corrected chi connectivity index (χ2v) is 1.89. The lowest BCUT2D eigenvalue weighted by molar-refractivity contribution is -0.133. The van der Waals surface area contributed by atoms with Gasteiger partial charge in [-0.2, -0.15) is 4.21 Å². The van der Waals surface area contributed by atoms with E-state index in [9.17, 15) is 13.8 Å². The Hall–Kier alpha value is -1.21. The van der Waals surface area contributed by atoms with E-state index in [1.807, 2.05) is 0 Å². The highest BCUT2D eigenvalue weighted by Crippen LogP contribution is 1.84. The van der Waals surface area contributed by atoms with Gasteiger partial charge in [-0.15, -0.1) is 0 Å². The third-order valence-electron chi connectivity index (χ3n) is 0.515. The summed E-state index contributed by atoms with van der Waals surface area (Å²) >= 11 is -2.70. The van der Waals surface area contributed by atoms with Crippen molar-refractivity contribution >= 4 is 23.3 Å². The highest BCUT2D eigenvalue weighted by atomic mass is 32.2. The Bertz CT molecular complexity index is 219. The molecule has 0 saturated carbocycles. The van der Waals surface area contributed by atoms with Crippen molar-refractivity contribution in [3.63, 3.8) is 0 Å². The molecule has 0 aromatic heterocycles. The summed E-state index contributed by atoms with van der Waals surface area (Å²) in [4.78, 5) is 20.0. The Balaban J connectivity index is 3.88. The van der Waals surface area contributed by atoms with Crippen molar-refractivity contribution in [1.82, 2.24) is 0 Å². The van der Waals surface area contributed by atoms with Crippen molar-refractivity contribution in [2.45, 2.75) is 0 Å². The van der Waals surface area contributed by atoms with Crippen LogP contribution in [0.25, 0.3) is 0 Å². The quantitative estimate of drug-likeness (QED) is 0.440. The van der Waals surface area contributed by atoms with Crippen LogP contribution in [0.2, 0.25) is 0 Å². The van der Waals surface area contributed by atoms with Gasteiger partial charge in [-0.3, -0.25) is 4.55 Å². The topological polar surface area (TPSA) is 101 Å². The monoisotopic (exact) mass is 180 g/mol. The molecule has 0 bridgehead atoms. The summed E-state index contributed by atoms with van der Waals surface area (Å²) in [5, 5.41) is 7.96. The van der Waals surface area contributed by atoms with E-state index >= 15 is 0 Å². The van der Waals surface area contributed by atoms with Gasteiger partial charge in [-0.05, 0) is 0 Å². The van der Waals surface area contributed by atoms with Gasteiger partial charge in [0.05, 0.1) is 0 Å². The molecule has 11 heavy (non-hydrogen) atoms. The van der Waals surface area contributed by atoms with Crippen molar-refractivity contribution < 1.29 is 27.6 Å². The number of aliphatic carboxylic acids is 1. The number of carboxylic acid groups (broad SMARTS) is 1. The summed E-state index contributed by atoms with van der Waals surface area (Å²) in [5.41, 5.74) is 0. The minimum absolute atomic E-state index is 0.495. The molecule has 2 N–H and O–H groups in total. The molecule has 0 fully saturated rings. The van der Waals surface area contributed by atoms with Crippen molar-refractivity contribution in [1.29, 1.82) is 0 Å². The maximum Gasteiger partial charge on any atom is 0.360 e. The van der Waals surface area contributed by atoms with E-state index in [2.05, 4.69) is 4.18 Å². The molecule has 0 saturated heterocycles. The molecule has 0 aliphatic heterocycles. The van der Waals surface area contributed by atoms with Crippen molar-refractivity contribution in [3.8, 4) is 0 Å². The van der Waals surface area contributed by atoms with E-state index in [0.29, 0.717) is 12.2 Å². The van der Waals surface area contributed by atoms with Crippen LogP contribution in [0.3, 0.4) is 0 Å². The van der Waals surface area contributed by atoms with Crippen LogP contribution < -0.4 is 0 Å². The van der Waals surface area contributed by atoms with Gasteiger partial charge >= 0.3 is 23.3 Å². The van der Waals surface area contributed by atoms with Gasteiger partial charge in [0.1, 0.15) is 0 Å². The first-order chi connectivity index (χ1) is 5.02. The largest absolute Gasteiger partial charge is 0.478 e. The van der Waals surface area contributed by atoms with Crippen LogP contribution in [-0.4, -0.2) is 25.8 Å². The molecule has 0 aromatic rings. The molecule has 62 valence electrons. The third kappa shape index (κ3) is 6.68. The average Bonchev–Trinajstić information content (AvgIpc) is 1.82. The number of carbonyl (C=O) groups excluding carboxylic acids is 1. The smallest absolute Gasteiger partial charge is 0.360 e. The molecule has 0 aliphatic rings. The van der Waals surface area contributed by atoms with Gasteiger partial charge < -0.3 is 9.29 Å². The van der Waals surface area contributed by atoms with Crippen LogP contribution in [0.5, 0.6) is 0 Å². The van der Waals surface area contributed by atoms with E-state index in [1.54, 1.807) is 0 Å². The number of carboxylic acids is 1. The molecule has 0 radical (unpaired) electrons. The average molecular weight is 180 g/mol. The van der Waals surface area contributed by atoms with Gasteiger partial charge in [0.15, 0.2) is 0 Å². The van der Waals surface area contributed by atoms with Gasteiger partial charge in [-0.1, -0.05) is 0 Å². The van der Waals surface area contributed by atoms with Crippen molar-refractivity contribution in [2.75, 3.05) is 0 Å². The van der Waals surface area contributed by atoms with E-state index < -0.39 is 23.3 Å². The molecule has 0 rings (SSSR count). The molecule has 0 aliphatic carbocycles. The molecular weight excluding hydrogens is 176 g/mol. The molecule has 0 aromatic carbocycles.